The molecule has 0 bridgehead atoms. The second-order valence-electron chi connectivity index (χ2n) is 5.39. The molecule has 1 saturated heterocycles. The van der Waals surface area contributed by atoms with E-state index in [1.807, 2.05) is 30.3 Å². The Hall–Kier alpha value is -2.13. The molecule has 0 radical (unpaired) electrons. The average Bonchev–Trinajstić information content (AvgIpc) is 2.54. The molecule has 1 N–H and O–H groups in total. The fraction of sp³-hybridized carbons (Fsp3) is 0.353. The Morgan fingerprint density at radius 2 is 2.13 bits per heavy atom. The Labute approximate surface area is 144 Å². The molecule has 1 aliphatic rings. The smallest absolute Gasteiger partial charge is 0.244 e. The molecule has 0 aliphatic carbocycles. The van der Waals surface area contributed by atoms with Crippen LogP contribution >= 0.6 is 15.9 Å². The molecule has 2 amide bonds. The third-order valence-electron chi connectivity index (χ3n) is 3.70. The highest BCUT2D eigenvalue weighted by molar-refractivity contribution is 9.10. The van der Waals surface area contributed by atoms with Gasteiger partial charge in [0.2, 0.25) is 11.8 Å². The topological polar surface area (TPSA) is 73.2 Å². The normalized spacial score (nSPS) is 15.4. The monoisotopic (exact) mass is 375 g/mol. The van der Waals surface area contributed by atoms with Crippen LogP contribution in [0.4, 0.5) is 0 Å². The number of likely N-dealkylation sites (tertiary alicyclic amines) is 1. The lowest BCUT2D eigenvalue weighted by Gasteiger charge is -2.31. The van der Waals surface area contributed by atoms with E-state index in [1.165, 1.54) is 6.08 Å². The molecule has 1 heterocycles. The average molecular weight is 376 g/mol. The number of halogens is 1. The summed E-state index contributed by atoms with van der Waals surface area (Å²) in [7, 11) is 0. The summed E-state index contributed by atoms with van der Waals surface area (Å²) < 4.78 is 0.967. The van der Waals surface area contributed by atoms with Gasteiger partial charge in [0, 0.05) is 29.7 Å². The van der Waals surface area contributed by atoms with E-state index >= 15 is 0 Å². The maximum Gasteiger partial charge on any atom is 0.244 e. The Kier molecular flexibility index (Phi) is 6.36. The van der Waals surface area contributed by atoms with E-state index < -0.39 is 0 Å². The van der Waals surface area contributed by atoms with Crippen LogP contribution in [0.2, 0.25) is 0 Å². The third-order valence-corrected chi connectivity index (χ3v) is 4.19. The Balaban J connectivity index is 1.79. The lowest BCUT2D eigenvalue weighted by Crippen LogP contribution is -2.46. The number of hydrogen-bond donors (Lipinski definition) is 1. The van der Waals surface area contributed by atoms with Crippen LogP contribution in [0.5, 0.6) is 0 Å². The number of hydrogen-bond acceptors (Lipinski definition) is 3. The second-order valence-corrected chi connectivity index (χ2v) is 6.30. The van der Waals surface area contributed by atoms with Crippen molar-refractivity contribution in [1.29, 1.82) is 5.26 Å². The molecule has 0 atom stereocenters. The minimum atomic E-state index is -0.133. The highest BCUT2D eigenvalue weighted by Gasteiger charge is 2.22. The van der Waals surface area contributed by atoms with Crippen molar-refractivity contribution < 1.29 is 9.59 Å². The lowest BCUT2D eigenvalue weighted by molar-refractivity contribution is -0.131. The molecule has 1 aromatic rings. The standard InChI is InChI=1S/C17H18BrN3O2/c18-14-3-1-2-13(12-14)4-5-16(22)20-15-7-10-21(11-8-15)17(23)6-9-19/h1-5,12,15H,6-8,10-11H2,(H,20,22)/b5-4+. The molecule has 120 valence electrons. The van der Waals surface area contributed by atoms with E-state index in [9.17, 15) is 9.59 Å². The number of benzene rings is 1. The minimum Gasteiger partial charge on any atom is -0.350 e. The van der Waals surface area contributed by atoms with Crippen LogP contribution in [0.3, 0.4) is 0 Å². The van der Waals surface area contributed by atoms with Gasteiger partial charge in [0.15, 0.2) is 0 Å². The number of rotatable bonds is 4. The Bertz CT molecular complexity index is 643. The quantitative estimate of drug-likeness (QED) is 0.821. The van der Waals surface area contributed by atoms with E-state index in [0.29, 0.717) is 25.9 Å². The van der Waals surface area contributed by atoms with Gasteiger partial charge in [-0.2, -0.15) is 5.26 Å². The van der Waals surface area contributed by atoms with Crippen LogP contribution in [0.1, 0.15) is 24.8 Å². The summed E-state index contributed by atoms with van der Waals surface area (Å²) in [5.74, 6) is -0.265. The zero-order valence-electron chi connectivity index (χ0n) is 12.7. The number of nitriles is 1. The first kappa shape index (κ1) is 17.2. The predicted molar refractivity (Wildman–Crippen MR) is 91.2 cm³/mol. The van der Waals surface area contributed by atoms with Gasteiger partial charge in [0.05, 0.1) is 6.07 Å². The van der Waals surface area contributed by atoms with Gasteiger partial charge in [0.1, 0.15) is 6.42 Å². The molecular weight excluding hydrogens is 358 g/mol. The molecular formula is C17H18BrN3O2. The van der Waals surface area contributed by atoms with E-state index in [2.05, 4.69) is 21.2 Å². The van der Waals surface area contributed by atoms with Crippen molar-refractivity contribution in [1.82, 2.24) is 10.2 Å². The molecule has 0 spiro atoms. The van der Waals surface area contributed by atoms with Gasteiger partial charge in [0.25, 0.3) is 0 Å². The number of nitrogens with zero attached hydrogens (tertiary/aromatic N) is 2. The summed E-state index contributed by atoms with van der Waals surface area (Å²) in [6.07, 6.45) is 4.65. The van der Waals surface area contributed by atoms with Crippen molar-refractivity contribution in [3.8, 4) is 6.07 Å². The van der Waals surface area contributed by atoms with Gasteiger partial charge in [-0.25, -0.2) is 0 Å². The van der Waals surface area contributed by atoms with Gasteiger partial charge >= 0.3 is 0 Å². The van der Waals surface area contributed by atoms with Crippen molar-refractivity contribution in [2.24, 2.45) is 0 Å². The fourth-order valence-electron chi connectivity index (χ4n) is 2.48. The maximum atomic E-state index is 12.0. The number of carbonyl (C=O) groups excluding carboxylic acids is 2. The zero-order valence-corrected chi connectivity index (χ0v) is 14.3. The maximum absolute atomic E-state index is 12.0. The van der Waals surface area contributed by atoms with Crippen LogP contribution in [0.15, 0.2) is 34.8 Å². The molecule has 5 nitrogen and oxygen atoms in total. The molecule has 0 aromatic heterocycles. The number of carbonyl (C=O) groups is 2. The van der Waals surface area contributed by atoms with Crippen molar-refractivity contribution >= 4 is 33.8 Å². The number of piperidine rings is 1. The first-order valence-electron chi connectivity index (χ1n) is 7.47. The summed E-state index contributed by atoms with van der Waals surface area (Å²) in [6, 6.07) is 9.64. The van der Waals surface area contributed by atoms with Crippen LogP contribution in [0.25, 0.3) is 6.08 Å². The molecule has 2 rings (SSSR count). The lowest BCUT2D eigenvalue weighted by atomic mass is 10.0. The van der Waals surface area contributed by atoms with Crippen LogP contribution in [-0.2, 0) is 9.59 Å². The Morgan fingerprint density at radius 3 is 2.78 bits per heavy atom. The van der Waals surface area contributed by atoms with Gasteiger partial charge < -0.3 is 10.2 Å². The highest BCUT2D eigenvalue weighted by Crippen LogP contribution is 2.13. The van der Waals surface area contributed by atoms with Gasteiger partial charge in [-0.05, 0) is 36.6 Å². The minimum absolute atomic E-state index is 0.0702. The van der Waals surface area contributed by atoms with E-state index in [1.54, 1.807) is 11.0 Å². The largest absolute Gasteiger partial charge is 0.350 e. The summed E-state index contributed by atoms with van der Waals surface area (Å²) >= 11 is 3.39. The van der Waals surface area contributed by atoms with Crippen molar-refractivity contribution in [2.75, 3.05) is 13.1 Å². The summed E-state index contributed by atoms with van der Waals surface area (Å²) in [5, 5.41) is 11.5. The summed E-state index contributed by atoms with van der Waals surface area (Å²) in [4.78, 5) is 25.3. The molecule has 6 heteroatoms. The van der Waals surface area contributed by atoms with Gasteiger partial charge in [-0.1, -0.05) is 28.1 Å². The van der Waals surface area contributed by atoms with Crippen molar-refractivity contribution in [3.05, 3.63) is 40.4 Å². The van der Waals surface area contributed by atoms with E-state index in [-0.39, 0.29) is 24.3 Å². The van der Waals surface area contributed by atoms with E-state index in [0.717, 1.165) is 10.0 Å². The van der Waals surface area contributed by atoms with Crippen LogP contribution < -0.4 is 5.32 Å². The molecule has 1 aliphatic heterocycles. The summed E-state index contributed by atoms with van der Waals surface area (Å²) in [6.45, 7) is 1.17. The Morgan fingerprint density at radius 1 is 1.39 bits per heavy atom. The highest BCUT2D eigenvalue weighted by atomic mass is 79.9. The number of amides is 2. The van der Waals surface area contributed by atoms with Gasteiger partial charge in [-0.3, -0.25) is 9.59 Å². The summed E-state index contributed by atoms with van der Waals surface area (Å²) in [5.41, 5.74) is 0.950. The third kappa shape index (κ3) is 5.53. The van der Waals surface area contributed by atoms with Crippen molar-refractivity contribution in [3.63, 3.8) is 0 Å². The molecule has 23 heavy (non-hydrogen) atoms. The molecule has 1 fully saturated rings. The van der Waals surface area contributed by atoms with Crippen molar-refractivity contribution in [2.45, 2.75) is 25.3 Å². The molecule has 1 aromatic carbocycles. The molecule has 0 saturated carbocycles. The number of nitrogens with one attached hydrogen (secondary N) is 1. The first-order valence-corrected chi connectivity index (χ1v) is 8.26. The zero-order chi connectivity index (χ0) is 16.7. The van der Waals surface area contributed by atoms with E-state index in [4.69, 9.17) is 5.26 Å². The van der Waals surface area contributed by atoms with Crippen LogP contribution in [-0.4, -0.2) is 35.8 Å². The van der Waals surface area contributed by atoms with Crippen LogP contribution in [0, 0.1) is 11.3 Å². The first-order chi connectivity index (χ1) is 11.1. The fourth-order valence-corrected chi connectivity index (χ4v) is 2.90. The predicted octanol–water partition coefficient (Wildman–Crippen LogP) is 2.48. The second kappa shape index (κ2) is 8.49. The molecule has 0 unspecified atom stereocenters. The van der Waals surface area contributed by atoms with Gasteiger partial charge in [-0.15, -0.1) is 0 Å². The SMILES string of the molecule is N#CCC(=O)N1CCC(NC(=O)/C=C/c2cccc(Br)c2)CC1.